The highest BCUT2D eigenvalue weighted by atomic mass is 32.1. The molecule has 0 bridgehead atoms. The van der Waals surface area contributed by atoms with Gasteiger partial charge in [-0.05, 0) is 24.5 Å². The summed E-state index contributed by atoms with van der Waals surface area (Å²) in [7, 11) is 0. The van der Waals surface area contributed by atoms with Gasteiger partial charge in [-0.1, -0.05) is 67.8 Å². The van der Waals surface area contributed by atoms with Crippen LogP contribution in [0.15, 0.2) is 54.6 Å². The van der Waals surface area contributed by atoms with Crippen LogP contribution in [-0.4, -0.2) is 11.9 Å². The van der Waals surface area contributed by atoms with Gasteiger partial charge in [0.1, 0.15) is 0 Å². The number of carbonyl (C=O) groups excluding carboxylic acids is 1. The van der Waals surface area contributed by atoms with Crippen molar-refractivity contribution in [1.82, 2.24) is 5.32 Å². The van der Waals surface area contributed by atoms with Crippen LogP contribution >= 0.6 is 11.3 Å². The summed E-state index contributed by atoms with van der Waals surface area (Å²) in [6.45, 7) is 0. The topological polar surface area (TPSA) is 29.1 Å². The van der Waals surface area contributed by atoms with Crippen molar-refractivity contribution >= 4 is 27.3 Å². The molecule has 122 valence electrons. The number of benzene rings is 2. The molecule has 1 heterocycles. The van der Waals surface area contributed by atoms with Crippen LogP contribution in [0.2, 0.25) is 0 Å². The zero-order chi connectivity index (χ0) is 16.4. The molecule has 1 fully saturated rings. The Morgan fingerprint density at radius 2 is 1.62 bits per heavy atom. The fourth-order valence-electron chi connectivity index (χ4n) is 3.57. The monoisotopic (exact) mass is 335 g/mol. The number of rotatable bonds is 3. The van der Waals surface area contributed by atoms with E-state index in [9.17, 15) is 4.79 Å². The van der Waals surface area contributed by atoms with Gasteiger partial charge in [0.05, 0.1) is 5.56 Å². The minimum Gasteiger partial charge on any atom is -0.349 e. The summed E-state index contributed by atoms with van der Waals surface area (Å²) in [6.07, 6.45) is 5.95. The van der Waals surface area contributed by atoms with E-state index in [1.54, 1.807) is 11.3 Å². The molecule has 0 atom stereocenters. The van der Waals surface area contributed by atoms with Crippen molar-refractivity contribution in [3.05, 3.63) is 60.2 Å². The van der Waals surface area contributed by atoms with Crippen molar-refractivity contribution in [2.75, 3.05) is 0 Å². The summed E-state index contributed by atoms with van der Waals surface area (Å²) < 4.78 is 1.17. The number of fused-ring (bicyclic) bond motifs is 1. The Hall–Kier alpha value is -2.13. The largest absolute Gasteiger partial charge is 0.349 e. The van der Waals surface area contributed by atoms with E-state index in [1.807, 2.05) is 30.3 Å². The van der Waals surface area contributed by atoms with Gasteiger partial charge in [0.2, 0.25) is 0 Å². The van der Waals surface area contributed by atoms with E-state index in [0.29, 0.717) is 6.04 Å². The summed E-state index contributed by atoms with van der Waals surface area (Å²) in [5.41, 5.74) is 1.96. The van der Waals surface area contributed by atoms with Crippen LogP contribution in [-0.2, 0) is 0 Å². The van der Waals surface area contributed by atoms with Gasteiger partial charge in [0, 0.05) is 21.0 Å². The fourth-order valence-corrected chi connectivity index (χ4v) is 4.77. The molecule has 0 radical (unpaired) electrons. The Morgan fingerprint density at radius 3 is 2.42 bits per heavy atom. The highest BCUT2D eigenvalue weighted by Crippen LogP contribution is 2.38. The molecule has 1 aromatic heterocycles. The molecule has 3 aromatic rings. The van der Waals surface area contributed by atoms with Crippen LogP contribution in [0.3, 0.4) is 0 Å². The van der Waals surface area contributed by atoms with Crippen molar-refractivity contribution in [2.24, 2.45) is 0 Å². The number of hydrogen-bond donors (Lipinski definition) is 1. The lowest BCUT2D eigenvalue weighted by atomic mass is 9.95. The molecule has 24 heavy (non-hydrogen) atoms. The van der Waals surface area contributed by atoms with Gasteiger partial charge >= 0.3 is 0 Å². The van der Waals surface area contributed by atoms with E-state index in [-0.39, 0.29) is 5.91 Å². The van der Waals surface area contributed by atoms with Gasteiger partial charge in [0.25, 0.3) is 5.91 Å². The fraction of sp³-hybridized carbons (Fsp3) is 0.286. The minimum atomic E-state index is 0.0817. The molecule has 1 saturated carbocycles. The molecule has 2 aromatic carbocycles. The Balaban J connectivity index is 1.76. The van der Waals surface area contributed by atoms with Crippen LogP contribution in [0.1, 0.15) is 42.5 Å². The molecule has 3 heteroatoms. The molecule has 1 aliphatic rings. The molecule has 0 saturated heterocycles. The van der Waals surface area contributed by atoms with Crippen LogP contribution < -0.4 is 5.32 Å². The van der Waals surface area contributed by atoms with Crippen LogP contribution in [0.5, 0.6) is 0 Å². The molecular formula is C21H21NOS. The maximum Gasteiger partial charge on any atom is 0.253 e. The van der Waals surface area contributed by atoms with Crippen molar-refractivity contribution in [3.8, 4) is 10.4 Å². The van der Waals surface area contributed by atoms with Crippen LogP contribution in [0, 0.1) is 0 Å². The van der Waals surface area contributed by atoms with Gasteiger partial charge in [-0.3, -0.25) is 4.79 Å². The third kappa shape index (κ3) is 2.96. The number of amides is 1. The third-order valence-corrected chi connectivity index (χ3v) is 6.02. The zero-order valence-corrected chi connectivity index (χ0v) is 14.4. The third-order valence-electron chi connectivity index (χ3n) is 4.80. The number of nitrogens with one attached hydrogen (secondary N) is 1. The van der Waals surface area contributed by atoms with Crippen molar-refractivity contribution < 1.29 is 4.79 Å². The molecule has 0 spiro atoms. The Bertz CT molecular complexity index is 847. The first-order valence-corrected chi connectivity index (χ1v) is 9.52. The predicted octanol–water partition coefficient (Wildman–Crippen LogP) is 5.63. The summed E-state index contributed by atoms with van der Waals surface area (Å²) in [5, 5.41) is 4.36. The Morgan fingerprint density at radius 1 is 0.917 bits per heavy atom. The molecule has 0 unspecified atom stereocenters. The summed E-state index contributed by atoms with van der Waals surface area (Å²) in [5.74, 6) is 0.0817. The molecule has 1 aliphatic carbocycles. The lowest BCUT2D eigenvalue weighted by molar-refractivity contribution is 0.0930. The van der Waals surface area contributed by atoms with E-state index in [1.165, 1.54) is 24.0 Å². The number of hydrogen-bond acceptors (Lipinski definition) is 2. The first-order valence-electron chi connectivity index (χ1n) is 8.71. The zero-order valence-electron chi connectivity index (χ0n) is 13.6. The summed E-state index contributed by atoms with van der Waals surface area (Å²) in [6, 6.07) is 18.8. The molecular weight excluding hydrogens is 314 g/mol. The van der Waals surface area contributed by atoms with Gasteiger partial charge in [0.15, 0.2) is 0 Å². The normalized spacial score (nSPS) is 15.5. The van der Waals surface area contributed by atoms with Gasteiger partial charge < -0.3 is 5.32 Å². The van der Waals surface area contributed by atoms with Crippen molar-refractivity contribution in [3.63, 3.8) is 0 Å². The predicted molar refractivity (Wildman–Crippen MR) is 102 cm³/mol. The van der Waals surface area contributed by atoms with Gasteiger partial charge in [-0.2, -0.15) is 0 Å². The Labute approximate surface area is 146 Å². The number of thiophene rings is 1. The molecule has 1 amide bonds. The van der Waals surface area contributed by atoms with Crippen molar-refractivity contribution in [2.45, 2.75) is 38.1 Å². The second-order valence-electron chi connectivity index (χ2n) is 6.48. The minimum absolute atomic E-state index is 0.0817. The van der Waals surface area contributed by atoms with Gasteiger partial charge in [-0.25, -0.2) is 0 Å². The maximum atomic E-state index is 13.1. The molecule has 1 N–H and O–H groups in total. The second kappa shape index (κ2) is 6.78. The first-order chi connectivity index (χ1) is 11.8. The first kappa shape index (κ1) is 15.4. The van der Waals surface area contributed by atoms with Crippen molar-refractivity contribution in [1.29, 1.82) is 0 Å². The lowest BCUT2D eigenvalue weighted by Crippen LogP contribution is -2.36. The summed E-state index contributed by atoms with van der Waals surface area (Å²) >= 11 is 1.71. The molecule has 4 rings (SSSR count). The van der Waals surface area contributed by atoms with Crippen LogP contribution in [0.25, 0.3) is 20.5 Å². The standard InChI is InChI=1S/C21H21NOS/c23-21(22-16-11-5-2-6-12-16)19-17-13-7-8-14-18(17)24-20(19)15-9-3-1-4-10-15/h1,3-4,7-10,13-14,16H,2,5-6,11-12H2,(H,22,23). The summed E-state index contributed by atoms with van der Waals surface area (Å²) in [4.78, 5) is 14.2. The number of carbonyl (C=O) groups is 1. The van der Waals surface area contributed by atoms with E-state index in [2.05, 4.69) is 29.6 Å². The highest BCUT2D eigenvalue weighted by molar-refractivity contribution is 7.22. The molecule has 2 nitrogen and oxygen atoms in total. The van der Waals surface area contributed by atoms with Crippen LogP contribution in [0.4, 0.5) is 0 Å². The average molecular weight is 335 g/mol. The quantitative estimate of drug-likeness (QED) is 0.660. The lowest BCUT2D eigenvalue weighted by Gasteiger charge is -2.23. The van der Waals surface area contributed by atoms with E-state index >= 15 is 0 Å². The Kier molecular flexibility index (Phi) is 4.35. The maximum absolute atomic E-state index is 13.1. The van der Waals surface area contributed by atoms with E-state index < -0.39 is 0 Å². The molecule has 0 aliphatic heterocycles. The smallest absolute Gasteiger partial charge is 0.253 e. The second-order valence-corrected chi connectivity index (χ2v) is 7.53. The van der Waals surface area contributed by atoms with Gasteiger partial charge in [-0.15, -0.1) is 11.3 Å². The highest BCUT2D eigenvalue weighted by Gasteiger charge is 2.23. The van der Waals surface area contributed by atoms with E-state index in [4.69, 9.17) is 0 Å². The average Bonchev–Trinajstić information content (AvgIpc) is 3.03. The van der Waals surface area contributed by atoms with E-state index in [0.717, 1.165) is 34.2 Å². The SMILES string of the molecule is O=C(NC1CCCCC1)c1c(-c2ccccc2)sc2ccccc12.